The summed E-state index contributed by atoms with van der Waals surface area (Å²) in [6.07, 6.45) is 0.350. The number of methoxy groups -OCH3 is 1. The number of cyclic esters (lactones) is 1. The summed E-state index contributed by atoms with van der Waals surface area (Å²) in [5.41, 5.74) is 0.739. The van der Waals surface area contributed by atoms with E-state index in [1.165, 1.54) is 12.1 Å². The second kappa shape index (κ2) is 7.96. The molecule has 0 aliphatic carbocycles. The summed E-state index contributed by atoms with van der Waals surface area (Å²) < 4.78 is 24.3. The highest BCUT2D eigenvalue weighted by Gasteiger charge is 2.43. The molecule has 6 heteroatoms. The van der Waals surface area contributed by atoms with Crippen molar-refractivity contribution < 1.29 is 23.8 Å². The largest absolute Gasteiger partial charge is 0.497 e. The molecule has 2 atom stereocenters. The Balaban J connectivity index is 1.79. The Kier molecular flexibility index (Phi) is 5.65. The third-order valence-electron chi connectivity index (χ3n) is 5.23. The Bertz CT molecular complexity index is 778. The predicted molar refractivity (Wildman–Crippen MR) is 99.0 cm³/mol. The third-order valence-corrected chi connectivity index (χ3v) is 5.23. The molecule has 1 aliphatic rings. The number of amides is 1. The molecule has 1 unspecified atom stereocenters. The molecule has 1 saturated heterocycles. The second-order valence-electron chi connectivity index (χ2n) is 6.74. The molecule has 1 fully saturated rings. The van der Waals surface area contributed by atoms with E-state index in [1.54, 1.807) is 24.1 Å². The first kappa shape index (κ1) is 19.2. The summed E-state index contributed by atoms with van der Waals surface area (Å²) >= 11 is 0. The summed E-state index contributed by atoms with van der Waals surface area (Å²) in [6.45, 7) is 2.29. The molecule has 0 saturated carbocycles. The van der Waals surface area contributed by atoms with Crippen molar-refractivity contribution in [2.45, 2.75) is 31.4 Å². The van der Waals surface area contributed by atoms with Gasteiger partial charge in [-0.05, 0) is 42.3 Å². The maximum Gasteiger partial charge on any atom is 0.411 e. The number of hydrogen-bond donors (Lipinski definition) is 1. The molecule has 1 amide bonds. The Labute approximate surface area is 158 Å². The summed E-state index contributed by atoms with van der Waals surface area (Å²) in [7, 11) is 1.61. The van der Waals surface area contributed by atoms with E-state index in [2.05, 4.69) is 0 Å². The number of rotatable bonds is 6. The molecule has 2 aromatic carbocycles. The van der Waals surface area contributed by atoms with E-state index in [9.17, 15) is 14.3 Å². The van der Waals surface area contributed by atoms with Gasteiger partial charge in [0.25, 0.3) is 0 Å². The minimum absolute atomic E-state index is 0.126. The maximum atomic E-state index is 13.3. The van der Waals surface area contributed by atoms with Crippen molar-refractivity contribution in [1.29, 1.82) is 0 Å². The standard InChI is InChI=1S/C21H24FNO4/c1-15(16-3-9-19(26-2)10-4-16)23-13-11-21(12-14-24,27-20(23)25)17-5-7-18(22)8-6-17/h3-10,15,24H,11-14H2,1-2H3/t15-,21?/m0/s1. The van der Waals surface area contributed by atoms with Gasteiger partial charge in [-0.2, -0.15) is 0 Å². The fraction of sp³-hybridized carbons (Fsp3) is 0.381. The molecule has 1 heterocycles. The SMILES string of the molecule is COc1ccc([C@H](C)N2CCC(CCO)(c3ccc(F)cc3)OC2=O)cc1. The van der Waals surface area contributed by atoms with Crippen LogP contribution in [-0.2, 0) is 10.3 Å². The lowest BCUT2D eigenvalue weighted by Gasteiger charge is -2.43. The first-order chi connectivity index (χ1) is 13.0. The monoisotopic (exact) mass is 373 g/mol. The van der Waals surface area contributed by atoms with Crippen LogP contribution in [0.3, 0.4) is 0 Å². The van der Waals surface area contributed by atoms with Gasteiger partial charge in [0.15, 0.2) is 0 Å². The van der Waals surface area contributed by atoms with Crippen molar-refractivity contribution in [3.05, 3.63) is 65.5 Å². The van der Waals surface area contributed by atoms with Gasteiger partial charge in [-0.15, -0.1) is 0 Å². The van der Waals surface area contributed by atoms with Gasteiger partial charge in [0.1, 0.15) is 17.2 Å². The molecule has 144 valence electrons. The molecule has 0 radical (unpaired) electrons. The Morgan fingerprint density at radius 3 is 2.44 bits per heavy atom. The number of carbonyl (C=O) groups is 1. The first-order valence-corrected chi connectivity index (χ1v) is 8.99. The molecule has 0 aromatic heterocycles. The Morgan fingerprint density at radius 2 is 1.89 bits per heavy atom. The van der Waals surface area contributed by atoms with Gasteiger partial charge in [0, 0.05) is 26.0 Å². The van der Waals surface area contributed by atoms with Crippen LogP contribution in [0.4, 0.5) is 9.18 Å². The van der Waals surface area contributed by atoms with Crippen LogP contribution in [0.1, 0.15) is 36.9 Å². The summed E-state index contributed by atoms with van der Waals surface area (Å²) in [5, 5.41) is 9.50. The average molecular weight is 373 g/mol. The van der Waals surface area contributed by atoms with Crippen LogP contribution in [0.15, 0.2) is 48.5 Å². The van der Waals surface area contributed by atoms with Gasteiger partial charge >= 0.3 is 6.09 Å². The third kappa shape index (κ3) is 3.90. The van der Waals surface area contributed by atoms with Gasteiger partial charge in [-0.3, -0.25) is 0 Å². The normalized spacial score (nSPS) is 20.9. The van der Waals surface area contributed by atoms with Crippen LogP contribution in [0.2, 0.25) is 0 Å². The molecule has 5 nitrogen and oxygen atoms in total. The lowest BCUT2D eigenvalue weighted by molar-refractivity contribution is -0.0718. The lowest BCUT2D eigenvalue weighted by atomic mass is 9.85. The van der Waals surface area contributed by atoms with E-state index in [-0.39, 0.29) is 24.9 Å². The maximum absolute atomic E-state index is 13.3. The summed E-state index contributed by atoms with van der Waals surface area (Å²) in [6, 6.07) is 13.3. The van der Waals surface area contributed by atoms with Crippen molar-refractivity contribution in [2.24, 2.45) is 0 Å². The van der Waals surface area contributed by atoms with E-state index >= 15 is 0 Å². The summed E-state index contributed by atoms with van der Waals surface area (Å²) in [4.78, 5) is 14.5. The zero-order valence-electron chi connectivity index (χ0n) is 15.5. The Morgan fingerprint density at radius 1 is 1.22 bits per heavy atom. The molecule has 0 bridgehead atoms. The van der Waals surface area contributed by atoms with Crippen molar-refractivity contribution >= 4 is 6.09 Å². The number of aliphatic hydroxyl groups excluding tert-OH is 1. The van der Waals surface area contributed by atoms with Crippen LogP contribution in [0.5, 0.6) is 5.75 Å². The highest BCUT2D eigenvalue weighted by Crippen LogP contribution is 2.39. The van der Waals surface area contributed by atoms with Gasteiger partial charge in [0.05, 0.1) is 13.2 Å². The molecule has 27 heavy (non-hydrogen) atoms. The van der Waals surface area contributed by atoms with Crippen LogP contribution < -0.4 is 4.74 Å². The molecule has 1 aliphatic heterocycles. The number of hydrogen-bond acceptors (Lipinski definition) is 4. The zero-order valence-corrected chi connectivity index (χ0v) is 15.5. The van der Waals surface area contributed by atoms with Gasteiger partial charge in [0.2, 0.25) is 0 Å². The smallest absolute Gasteiger partial charge is 0.411 e. The highest BCUT2D eigenvalue weighted by molar-refractivity contribution is 5.70. The minimum atomic E-state index is -0.935. The van der Waals surface area contributed by atoms with Crippen molar-refractivity contribution in [3.63, 3.8) is 0 Å². The molecule has 3 rings (SSSR count). The number of ether oxygens (including phenoxy) is 2. The van der Waals surface area contributed by atoms with Crippen molar-refractivity contribution in [3.8, 4) is 5.75 Å². The van der Waals surface area contributed by atoms with E-state index in [4.69, 9.17) is 9.47 Å². The number of benzene rings is 2. The van der Waals surface area contributed by atoms with E-state index < -0.39 is 11.7 Å². The molecule has 1 N–H and O–H groups in total. The van der Waals surface area contributed by atoms with Crippen molar-refractivity contribution in [2.75, 3.05) is 20.3 Å². The number of aliphatic hydroxyl groups is 1. The van der Waals surface area contributed by atoms with Gasteiger partial charge in [-0.1, -0.05) is 24.3 Å². The number of nitrogens with zero attached hydrogens (tertiary/aromatic N) is 1. The van der Waals surface area contributed by atoms with Crippen LogP contribution in [-0.4, -0.2) is 36.4 Å². The quantitative estimate of drug-likeness (QED) is 0.831. The summed E-state index contributed by atoms with van der Waals surface area (Å²) in [5.74, 6) is 0.403. The fourth-order valence-electron chi connectivity index (χ4n) is 3.54. The van der Waals surface area contributed by atoms with Crippen LogP contribution >= 0.6 is 0 Å². The van der Waals surface area contributed by atoms with Gasteiger partial charge < -0.3 is 19.5 Å². The molecule has 2 aromatic rings. The first-order valence-electron chi connectivity index (χ1n) is 8.99. The number of carbonyl (C=O) groups excluding carboxylic acids is 1. The average Bonchev–Trinajstić information content (AvgIpc) is 2.68. The zero-order chi connectivity index (χ0) is 19.4. The Hall–Kier alpha value is -2.60. The predicted octanol–water partition coefficient (Wildman–Crippen LogP) is 4.02. The molecular formula is C21H24FNO4. The van der Waals surface area contributed by atoms with Crippen LogP contribution in [0.25, 0.3) is 0 Å². The topological polar surface area (TPSA) is 59.0 Å². The highest BCUT2D eigenvalue weighted by atomic mass is 19.1. The number of halogens is 1. The van der Waals surface area contributed by atoms with E-state index in [0.717, 1.165) is 11.3 Å². The molecule has 0 spiro atoms. The minimum Gasteiger partial charge on any atom is -0.497 e. The van der Waals surface area contributed by atoms with E-state index in [1.807, 2.05) is 31.2 Å². The fourth-order valence-corrected chi connectivity index (χ4v) is 3.54. The van der Waals surface area contributed by atoms with Crippen LogP contribution in [0, 0.1) is 5.82 Å². The lowest BCUT2D eigenvalue weighted by Crippen LogP contribution is -2.49. The second-order valence-corrected chi connectivity index (χ2v) is 6.74. The van der Waals surface area contributed by atoms with Gasteiger partial charge in [-0.25, -0.2) is 9.18 Å². The molecular weight excluding hydrogens is 349 g/mol. The van der Waals surface area contributed by atoms with E-state index in [0.29, 0.717) is 18.5 Å². The van der Waals surface area contributed by atoms with Crippen molar-refractivity contribution in [1.82, 2.24) is 4.90 Å².